The Morgan fingerprint density at radius 2 is 2.05 bits per heavy atom. The molecule has 0 aliphatic carbocycles. The van der Waals surface area contributed by atoms with Crippen LogP contribution in [0, 0.1) is 5.41 Å². The topological polar surface area (TPSA) is 41.6 Å². The van der Waals surface area contributed by atoms with E-state index in [0.29, 0.717) is 21.2 Å². The van der Waals surface area contributed by atoms with E-state index in [9.17, 15) is 4.79 Å². The van der Waals surface area contributed by atoms with Crippen LogP contribution in [0.4, 0.5) is 0 Å². The molecule has 0 bridgehead atoms. The van der Waals surface area contributed by atoms with Crippen LogP contribution in [-0.4, -0.2) is 43.6 Å². The van der Waals surface area contributed by atoms with Gasteiger partial charge < -0.3 is 15.0 Å². The van der Waals surface area contributed by atoms with Crippen LogP contribution in [0.25, 0.3) is 0 Å². The summed E-state index contributed by atoms with van der Waals surface area (Å²) in [6.07, 6.45) is 3.37. The van der Waals surface area contributed by atoms with E-state index in [1.807, 2.05) is 4.90 Å². The largest absolute Gasteiger partial charge is 0.482 e. The van der Waals surface area contributed by atoms with Crippen molar-refractivity contribution in [3.8, 4) is 5.75 Å². The minimum atomic E-state index is 0.00527. The number of carbonyl (C=O) groups excluding carboxylic acids is 1. The second-order valence-corrected chi connectivity index (χ2v) is 7.01. The summed E-state index contributed by atoms with van der Waals surface area (Å²) in [4.78, 5) is 14.2. The van der Waals surface area contributed by atoms with Crippen LogP contribution in [0.1, 0.15) is 19.3 Å². The number of hydrogen-bond acceptors (Lipinski definition) is 3. The van der Waals surface area contributed by atoms with Crippen molar-refractivity contribution < 1.29 is 9.53 Å². The van der Waals surface area contributed by atoms with Gasteiger partial charge >= 0.3 is 0 Å². The van der Waals surface area contributed by atoms with Crippen molar-refractivity contribution in [3.63, 3.8) is 0 Å². The second-order valence-electron chi connectivity index (χ2n) is 6.17. The van der Waals surface area contributed by atoms with Crippen molar-refractivity contribution in [2.24, 2.45) is 5.41 Å². The van der Waals surface area contributed by atoms with E-state index in [0.717, 1.165) is 39.0 Å². The molecule has 0 saturated carbocycles. The van der Waals surface area contributed by atoms with Crippen LogP contribution < -0.4 is 10.1 Å². The van der Waals surface area contributed by atoms with Gasteiger partial charge in [0.25, 0.3) is 5.91 Å². The Bertz CT molecular complexity index is 549. The standard InChI is InChI=1S/C16H20Cl2N2O2/c17-12-1-2-13(18)14(9-12)22-10-15(21)20-7-4-16(5-8-20)3-6-19-11-16/h1-2,9,19H,3-8,10-11H2. The molecule has 3 rings (SSSR count). The summed E-state index contributed by atoms with van der Waals surface area (Å²) in [5.41, 5.74) is 0.411. The van der Waals surface area contributed by atoms with Crippen LogP contribution in [0.5, 0.6) is 5.75 Å². The molecule has 1 aromatic rings. The molecule has 22 heavy (non-hydrogen) atoms. The molecule has 2 aliphatic heterocycles. The van der Waals surface area contributed by atoms with Gasteiger partial charge in [0.05, 0.1) is 5.02 Å². The van der Waals surface area contributed by atoms with Crippen molar-refractivity contribution >= 4 is 29.1 Å². The number of benzene rings is 1. The molecule has 0 unspecified atom stereocenters. The monoisotopic (exact) mass is 342 g/mol. The Morgan fingerprint density at radius 3 is 2.73 bits per heavy atom. The van der Waals surface area contributed by atoms with Crippen molar-refractivity contribution in [3.05, 3.63) is 28.2 Å². The number of hydrogen-bond donors (Lipinski definition) is 1. The van der Waals surface area contributed by atoms with Crippen molar-refractivity contribution in [2.45, 2.75) is 19.3 Å². The van der Waals surface area contributed by atoms with Crippen LogP contribution >= 0.6 is 23.2 Å². The number of amides is 1. The number of nitrogens with zero attached hydrogens (tertiary/aromatic N) is 1. The van der Waals surface area contributed by atoms with Crippen LogP contribution in [0.15, 0.2) is 18.2 Å². The lowest BCUT2D eigenvalue weighted by Gasteiger charge is -2.38. The molecule has 2 fully saturated rings. The number of likely N-dealkylation sites (tertiary alicyclic amines) is 1. The summed E-state index contributed by atoms with van der Waals surface area (Å²) in [5.74, 6) is 0.466. The molecule has 1 aromatic carbocycles. The third-order valence-electron chi connectivity index (χ3n) is 4.75. The highest BCUT2D eigenvalue weighted by Crippen LogP contribution is 2.37. The predicted molar refractivity (Wildman–Crippen MR) is 87.7 cm³/mol. The highest BCUT2D eigenvalue weighted by molar-refractivity contribution is 6.34. The summed E-state index contributed by atoms with van der Waals surface area (Å²) >= 11 is 11.9. The van der Waals surface area contributed by atoms with Gasteiger partial charge in [0.15, 0.2) is 6.61 Å². The molecule has 1 spiro atoms. The van der Waals surface area contributed by atoms with E-state index < -0.39 is 0 Å². The summed E-state index contributed by atoms with van der Waals surface area (Å²) in [7, 11) is 0. The fourth-order valence-electron chi connectivity index (χ4n) is 3.27. The van der Waals surface area contributed by atoms with Crippen molar-refractivity contribution in [1.29, 1.82) is 0 Å². The molecule has 4 nitrogen and oxygen atoms in total. The first-order chi connectivity index (χ1) is 10.6. The molecule has 1 amide bonds. The molecule has 2 saturated heterocycles. The van der Waals surface area contributed by atoms with E-state index in [1.54, 1.807) is 18.2 Å². The van der Waals surface area contributed by atoms with E-state index in [1.165, 1.54) is 6.42 Å². The summed E-state index contributed by atoms with van der Waals surface area (Å²) in [6, 6.07) is 4.99. The van der Waals surface area contributed by atoms with E-state index >= 15 is 0 Å². The Kier molecular flexibility index (Phi) is 4.81. The SMILES string of the molecule is O=C(COc1cc(Cl)ccc1Cl)N1CCC2(CCNC2)CC1. The minimum absolute atomic E-state index is 0.00527. The Balaban J connectivity index is 1.51. The first-order valence-corrected chi connectivity index (χ1v) is 8.40. The molecule has 120 valence electrons. The van der Waals surface area contributed by atoms with Crippen molar-refractivity contribution in [2.75, 3.05) is 32.8 Å². The lowest BCUT2D eigenvalue weighted by atomic mass is 9.78. The van der Waals surface area contributed by atoms with Crippen LogP contribution in [0.2, 0.25) is 10.0 Å². The molecule has 0 atom stereocenters. The maximum absolute atomic E-state index is 12.3. The zero-order valence-electron chi connectivity index (χ0n) is 12.4. The minimum Gasteiger partial charge on any atom is -0.482 e. The van der Waals surface area contributed by atoms with Gasteiger partial charge in [-0.2, -0.15) is 0 Å². The quantitative estimate of drug-likeness (QED) is 0.918. The fourth-order valence-corrected chi connectivity index (χ4v) is 3.61. The van der Waals surface area contributed by atoms with Gasteiger partial charge in [0, 0.05) is 30.7 Å². The number of piperidine rings is 1. The van der Waals surface area contributed by atoms with Crippen LogP contribution in [-0.2, 0) is 4.79 Å². The van der Waals surface area contributed by atoms with E-state index in [4.69, 9.17) is 27.9 Å². The zero-order chi connectivity index (χ0) is 15.6. The molecule has 2 heterocycles. The second kappa shape index (κ2) is 6.65. The van der Waals surface area contributed by atoms with E-state index in [-0.39, 0.29) is 12.5 Å². The summed E-state index contributed by atoms with van der Waals surface area (Å²) in [6.45, 7) is 3.82. The van der Waals surface area contributed by atoms with E-state index in [2.05, 4.69) is 5.32 Å². The maximum atomic E-state index is 12.3. The van der Waals surface area contributed by atoms with Crippen molar-refractivity contribution in [1.82, 2.24) is 10.2 Å². The summed E-state index contributed by atoms with van der Waals surface area (Å²) < 4.78 is 5.53. The number of carbonyl (C=O) groups is 1. The van der Waals surface area contributed by atoms with Crippen LogP contribution in [0.3, 0.4) is 0 Å². The fraction of sp³-hybridized carbons (Fsp3) is 0.562. The Morgan fingerprint density at radius 1 is 1.27 bits per heavy atom. The molecule has 0 aromatic heterocycles. The third-order valence-corrected chi connectivity index (χ3v) is 5.30. The lowest BCUT2D eigenvalue weighted by Crippen LogP contribution is -2.45. The first-order valence-electron chi connectivity index (χ1n) is 7.64. The molecule has 0 radical (unpaired) electrons. The number of ether oxygens (including phenoxy) is 1. The number of rotatable bonds is 3. The predicted octanol–water partition coefficient (Wildman–Crippen LogP) is 2.97. The average Bonchev–Trinajstić information content (AvgIpc) is 2.97. The van der Waals surface area contributed by atoms with Gasteiger partial charge in [-0.25, -0.2) is 0 Å². The van der Waals surface area contributed by atoms with Gasteiger partial charge in [-0.05, 0) is 43.4 Å². The van der Waals surface area contributed by atoms with Gasteiger partial charge in [-0.15, -0.1) is 0 Å². The molecule has 6 heteroatoms. The maximum Gasteiger partial charge on any atom is 0.260 e. The Labute approximate surface area is 140 Å². The molecular formula is C16H20Cl2N2O2. The van der Waals surface area contributed by atoms with Gasteiger partial charge in [0.2, 0.25) is 0 Å². The molecule has 1 N–H and O–H groups in total. The van der Waals surface area contributed by atoms with Gasteiger partial charge in [-0.1, -0.05) is 23.2 Å². The Hall–Kier alpha value is -0.970. The number of nitrogens with one attached hydrogen (secondary N) is 1. The lowest BCUT2D eigenvalue weighted by molar-refractivity contribution is -0.135. The highest BCUT2D eigenvalue weighted by atomic mass is 35.5. The van der Waals surface area contributed by atoms with Gasteiger partial charge in [0.1, 0.15) is 5.75 Å². The molecule has 2 aliphatic rings. The normalized spacial score (nSPS) is 20.4. The first kappa shape index (κ1) is 15.9. The zero-order valence-corrected chi connectivity index (χ0v) is 13.9. The van der Waals surface area contributed by atoms with Gasteiger partial charge in [-0.3, -0.25) is 4.79 Å². The number of halogens is 2. The molecular weight excluding hydrogens is 323 g/mol. The highest BCUT2D eigenvalue weighted by Gasteiger charge is 2.38. The smallest absolute Gasteiger partial charge is 0.260 e. The third kappa shape index (κ3) is 3.50. The average molecular weight is 343 g/mol. The summed E-state index contributed by atoms with van der Waals surface area (Å²) in [5, 5.41) is 4.44.